The molecule has 142 valence electrons. The third-order valence-electron chi connectivity index (χ3n) is 5.46. The first-order chi connectivity index (χ1) is 13.1. The molecule has 3 aliphatic rings. The molecule has 4 nitrogen and oxygen atoms in total. The smallest absolute Gasteiger partial charge is 0.414 e. The highest BCUT2D eigenvalue weighted by Gasteiger charge is 2.37. The highest BCUT2D eigenvalue weighted by Crippen LogP contribution is 2.30. The molecule has 1 amide bonds. The molecule has 0 spiro atoms. The molecule has 6 heteroatoms. The van der Waals surface area contributed by atoms with Gasteiger partial charge in [-0.2, -0.15) is 0 Å². The van der Waals surface area contributed by atoms with Crippen LogP contribution in [0.3, 0.4) is 0 Å². The van der Waals surface area contributed by atoms with Gasteiger partial charge in [-0.3, -0.25) is 9.80 Å². The molecular weight excluding hydrogens is 350 g/mol. The van der Waals surface area contributed by atoms with Gasteiger partial charge in [0.25, 0.3) is 0 Å². The van der Waals surface area contributed by atoms with Gasteiger partial charge in [0.2, 0.25) is 0 Å². The van der Waals surface area contributed by atoms with Crippen molar-refractivity contribution in [3.8, 4) is 0 Å². The minimum atomic E-state index is -0.925. The van der Waals surface area contributed by atoms with E-state index in [1.165, 1.54) is 11.0 Å². The molecule has 3 saturated heterocycles. The molecule has 1 atom stereocenters. The number of hydrogen-bond donors (Lipinski definition) is 0. The Morgan fingerprint density at radius 1 is 1.07 bits per heavy atom. The maximum Gasteiger partial charge on any atom is 0.414 e. The maximum absolute atomic E-state index is 13.6. The zero-order chi connectivity index (χ0) is 18.8. The molecule has 27 heavy (non-hydrogen) atoms. The average Bonchev–Trinajstić information content (AvgIpc) is 2.70. The fourth-order valence-electron chi connectivity index (χ4n) is 3.93. The molecule has 0 aromatic heterocycles. The molecule has 2 aromatic rings. The van der Waals surface area contributed by atoms with Gasteiger partial charge >= 0.3 is 6.09 Å². The number of halogens is 2. The molecular formula is C21H22F2N2O2. The summed E-state index contributed by atoms with van der Waals surface area (Å²) in [6.07, 6.45) is 1.53. The molecule has 3 fully saturated rings. The number of para-hydroxylation sites is 1. The minimum Gasteiger partial charge on any atom is -0.444 e. The van der Waals surface area contributed by atoms with E-state index >= 15 is 0 Å². The van der Waals surface area contributed by atoms with E-state index in [0.717, 1.165) is 44.6 Å². The number of carbonyl (C=O) groups is 1. The largest absolute Gasteiger partial charge is 0.444 e. The highest BCUT2D eigenvalue weighted by atomic mass is 19.2. The van der Waals surface area contributed by atoms with Crippen LogP contribution < -0.4 is 4.90 Å². The number of piperidine rings is 3. The van der Waals surface area contributed by atoms with Gasteiger partial charge < -0.3 is 4.74 Å². The van der Waals surface area contributed by atoms with Gasteiger partial charge in [0, 0.05) is 12.2 Å². The van der Waals surface area contributed by atoms with Gasteiger partial charge in [-0.25, -0.2) is 13.6 Å². The first-order valence-corrected chi connectivity index (χ1v) is 9.29. The number of ether oxygens (including phenoxy) is 1. The van der Waals surface area contributed by atoms with Gasteiger partial charge in [-0.15, -0.1) is 0 Å². The second kappa shape index (κ2) is 7.64. The summed E-state index contributed by atoms with van der Waals surface area (Å²) >= 11 is 0. The van der Waals surface area contributed by atoms with Crippen molar-refractivity contribution in [2.75, 3.05) is 24.5 Å². The number of nitrogens with zero attached hydrogens (tertiary/aromatic N) is 2. The van der Waals surface area contributed by atoms with Gasteiger partial charge in [-0.1, -0.05) is 24.3 Å². The SMILES string of the molecule is O=C(O[C@H]1CN2CCC1CC2)N(Cc1ccc(F)c(F)c1)c1ccccc1. The normalized spacial score (nSPS) is 23.9. The van der Waals surface area contributed by atoms with E-state index in [2.05, 4.69) is 4.90 Å². The van der Waals surface area contributed by atoms with Crippen LogP contribution in [0.1, 0.15) is 18.4 Å². The highest BCUT2D eigenvalue weighted by molar-refractivity contribution is 5.87. The second-order valence-electron chi connectivity index (χ2n) is 7.23. The third kappa shape index (κ3) is 3.95. The Bertz CT molecular complexity index is 807. The van der Waals surface area contributed by atoms with Gasteiger partial charge in [0.05, 0.1) is 6.54 Å². The van der Waals surface area contributed by atoms with Gasteiger partial charge in [-0.05, 0) is 61.7 Å². The van der Waals surface area contributed by atoms with Crippen LogP contribution >= 0.6 is 0 Å². The van der Waals surface area contributed by atoms with E-state index in [4.69, 9.17) is 4.74 Å². The standard InChI is InChI=1S/C21H22F2N2O2/c22-18-7-6-15(12-19(18)23)13-25(17-4-2-1-3-5-17)21(26)27-20-14-24-10-8-16(20)9-11-24/h1-7,12,16,20H,8-11,13-14H2/t20-/m0/s1. The van der Waals surface area contributed by atoms with Crippen molar-refractivity contribution in [3.63, 3.8) is 0 Å². The predicted molar refractivity (Wildman–Crippen MR) is 98.4 cm³/mol. The summed E-state index contributed by atoms with van der Waals surface area (Å²) in [5.41, 5.74) is 1.16. The lowest BCUT2D eigenvalue weighted by atomic mass is 9.86. The predicted octanol–water partition coefficient (Wildman–Crippen LogP) is 4.20. The number of rotatable bonds is 4. The molecule has 0 unspecified atom stereocenters. The van der Waals surface area contributed by atoms with Crippen molar-refractivity contribution >= 4 is 11.8 Å². The fourth-order valence-corrected chi connectivity index (χ4v) is 3.93. The van der Waals surface area contributed by atoms with E-state index in [-0.39, 0.29) is 12.6 Å². The summed E-state index contributed by atoms with van der Waals surface area (Å²) in [7, 11) is 0. The van der Waals surface area contributed by atoms with E-state index in [1.54, 1.807) is 12.1 Å². The van der Waals surface area contributed by atoms with Crippen LogP contribution in [0.4, 0.5) is 19.3 Å². The van der Waals surface area contributed by atoms with Crippen molar-refractivity contribution in [3.05, 3.63) is 65.7 Å². The Kier molecular flexibility index (Phi) is 5.07. The average molecular weight is 372 g/mol. The molecule has 3 heterocycles. The Hall–Kier alpha value is -2.47. The van der Waals surface area contributed by atoms with E-state index in [1.807, 2.05) is 18.2 Å². The Morgan fingerprint density at radius 3 is 2.44 bits per heavy atom. The minimum absolute atomic E-state index is 0.112. The van der Waals surface area contributed by atoms with Gasteiger partial charge in [0.15, 0.2) is 11.6 Å². The lowest BCUT2D eigenvalue weighted by Crippen LogP contribution is -2.53. The van der Waals surface area contributed by atoms with Crippen molar-refractivity contribution in [2.24, 2.45) is 5.92 Å². The summed E-state index contributed by atoms with van der Waals surface area (Å²) in [6, 6.07) is 12.8. The Labute approximate surface area is 157 Å². The molecule has 5 rings (SSSR count). The first kappa shape index (κ1) is 17.9. The van der Waals surface area contributed by atoms with Crippen molar-refractivity contribution in [1.29, 1.82) is 0 Å². The topological polar surface area (TPSA) is 32.8 Å². The van der Waals surface area contributed by atoms with E-state index in [0.29, 0.717) is 17.2 Å². The summed E-state index contributed by atoms with van der Waals surface area (Å²) < 4.78 is 32.7. The maximum atomic E-state index is 13.6. The van der Waals surface area contributed by atoms with Crippen LogP contribution in [0, 0.1) is 17.6 Å². The van der Waals surface area contributed by atoms with Crippen LogP contribution in [0.15, 0.2) is 48.5 Å². The molecule has 2 bridgehead atoms. The van der Waals surface area contributed by atoms with E-state index in [9.17, 15) is 13.6 Å². The number of anilines is 1. The summed E-state index contributed by atoms with van der Waals surface area (Å²) in [5, 5.41) is 0. The van der Waals surface area contributed by atoms with Crippen LogP contribution in [-0.4, -0.2) is 36.7 Å². The number of hydrogen-bond acceptors (Lipinski definition) is 3. The summed E-state index contributed by atoms with van der Waals surface area (Å²) in [5.74, 6) is -1.43. The zero-order valence-electron chi connectivity index (χ0n) is 15.0. The van der Waals surface area contributed by atoms with Crippen molar-refractivity contribution < 1.29 is 18.3 Å². The summed E-state index contributed by atoms with van der Waals surface area (Å²) in [4.78, 5) is 16.8. The second-order valence-corrected chi connectivity index (χ2v) is 7.23. The molecule has 3 aliphatic heterocycles. The number of carbonyl (C=O) groups excluding carboxylic acids is 1. The number of benzene rings is 2. The molecule has 2 aromatic carbocycles. The quantitative estimate of drug-likeness (QED) is 0.806. The molecule has 0 radical (unpaired) electrons. The molecule has 0 aliphatic carbocycles. The van der Waals surface area contributed by atoms with Crippen LogP contribution in [0.25, 0.3) is 0 Å². The third-order valence-corrected chi connectivity index (χ3v) is 5.46. The van der Waals surface area contributed by atoms with Crippen LogP contribution in [0.5, 0.6) is 0 Å². The lowest BCUT2D eigenvalue weighted by Gasteiger charge is -2.44. The van der Waals surface area contributed by atoms with Crippen molar-refractivity contribution in [2.45, 2.75) is 25.5 Å². The van der Waals surface area contributed by atoms with Gasteiger partial charge in [0.1, 0.15) is 6.10 Å². The number of amides is 1. The lowest BCUT2D eigenvalue weighted by molar-refractivity contribution is -0.0311. The van der Waals surface area contributed by atoms with Crippen molar-refractivity contribution in [1.82, 2.24) is 4.90 Å². The van der Waals surface area contributed by atoms with Crippen LogP contribution in [-0.2, 0) is 11.3 Å². The fraction of sp³-hybridized carbons (Fsp3) is 0.381. The zero-order valence-corrected chi connectivity index (χ0v) is 15.0. The summed E-state index contributed by atoms with van der Waals surface area (Å²) in [6.45, 7) is 3.01. The molecule has 0 saturated carbocycles. The molecule has 0 N–H and O–H groups in total. The first-order valence-electron chi connectivity index (χ1n) is 9.29. The van der Waals surface area contributed by atoms with Crippen LogP contribution in [0.2, 0.25) is 0 Å². The monoisotopic (exact) mass is 372 g/mol. The Morgan fingerprint density at radius 2 is 1.81 bits per heavy atom. The number of fused-ring (bicyclic) bond motifs is 3. The van der Waals surface area contributed by atoms with E-state index < -0.39 is 17.7 Å². The Balaban J connectivity index is 1.54.